The van der Waals surface area contributed by atoms with E-state index in [9.17, 15) is 14.4 Å². The molecule has 0 bridgehead atoms. The zero-order chi connectivity index (χ0) is 23.9. The number of hydrogen-bond donors (Lipinski definition) is 2. The van der Waals surface area contributed by atoms with Gasteiger partial charge < -0.3 is 20.4 Å². The zero-order valence-corrected chi connectivity index (χ0v) is 20.5. The van der Waals surface area contributed by atoms with Gasteiger partial charge in [0.2, 0.25) is 11.8 Å². The van der Waals surface area contributed by atoms with E-state index in [1.165, 1.54) is 11.3 Å². The van der Waals surface area contributed by atoms with Crippen LogP contribution in [0.1, 0.15) is 29.8 Å². The molecule has 1 aromatic carbocycles. The zero-order valence-electron chi connectivity index (χ0n) is 19.0. The molecule has 0 unspecified atom stereocenters. The van der Waals surface area contributed by atoms with Crippen LogP contribution in [0.15, 0.2) is 29.6 Å². The van der Waals surface area contributed by atoms with Gasteiger partial charge in [0.05, 0.1) is 6.54 Å². The molecule has 2 fully saturated rings. The van der Waals surface area contributed by atoms with Crippen molar-refractivity contribution >= 4 is 51.5 Å². The molecule has 0 atom stereocenters. The summed E-state index contributed by atoms with van der Waals surface area (Å²) in [5.41, 5.74) is 1.28. The topological polar surface area (TPSA) is 97.9 Å². The highest BCUT2D eigenvalue weighted by Gasteiger charge is 2.25. The van der Waals surface area contributed by atoms with Crippen LogP contribution in [-0.2, 0) is 9.59 Å². The predicted molar refractivity (Wildman–Crippen MR) is 133 cm³/mol. The van der Waals surface area contributed by atoms with Gasteiger partial charge in [0.1, 0.15) is 5.69 Å². The van der Waals surface area contributed by atoms with E-state index in [1.54, 1.807) is 22.4 Å². The number of amides is 3. The normalized spacial score (nSPS) is 16.7. The molecule has 2 aromatic rings. The molecule has 0 aliphatic carbocycles. The van der Waals surface area contributed by atoms with Crippen molar-refractivity contribution in [3.05, 3.63) is 40.4 Å². The number of carbonyl (C=O) groups excluding carboxylic acids is 3. The molecule has 3 heterocycles. The van der Waals surface area contributed by atoms with E-state index in [-0.39, 0.29) is 17.7 Å². The van der Waals surface area contributed by atoms with E-state index >= 15 is 0 Å². The molecular formula is C23H29ClN6O3S. The van der Waals surface area contributed by atoms with Crippen LogP contribution in [0.4, 0.5) is 10.8 Å². The van der Waals surface area contributed by atoms with Gasteiger partial charge in [0.15, 0.2) is 5.13 Å². The van der Waals surface area contributed by atoms with Crippen LogP contribution in [0.5, 0.6) is 0 Å². The molecule has 2 aliphatic rings. The molecule has 4 rings (SSSR count). The summed E-state index contributed by atoms with van der Waals surface area (Å²) < 4.78 is 0. The Morgan fingerprint density at radius 2 is 1.85 bits per heavy atom. The highest BCUT2D eigenvalue weighted by Crippen LogP contribution is 2.23. The largest absolute Gasteiger partial charge is 0.355 e. The Hall–Kier alpha value is -2.69. The summed E-state index contributed by atoms with van der Waals surface area (Å²) in [6.45, 7) is 4.81. The Kier molecular flexibility index (Phi) is 8.36. The van der Waals surface area contributed by atoms with Gasteiger partial charge in [0, 0.05) is 68.3 Å². The first-order chi connectivity index (χ1) is 16.5. The summed E-state index contributed by atoms with van der Waals surface area (Å²) in [6.07, 6.45) is 2.34. The molecule has 34 heavy (non-hydrogen) atoms. The monoisotopic (exact) mass is 504 g/mol. The number of likely N-dealkylation sites (tertiary alicyclic amines) is 1. The Balaban J connectivity index is 1.15. The van der Waals surface area contributed by atoms with Gasteiger partial charge in [-0.2, -0.15) is 0 Å². The quantitative estimate of drug-likeness (QED) is 0.509. The minimum absolute atomic E-state index is 0.0232. The van der Waals surface area contributed by atoms with Crippen LogP contribution in [0.3, 0.4) is 0 Å². The van der Waals surface area contributed by atoms with Crippen molar-refractivity contribution in [2.24, 2.45) is 0 Å². The van der Waals surface area contributed by atoms with Crippen LogP contribution >= 0.6 is 22.9 Å². The SMILES string of the molecule is O=C(CN1CCN(C(=O)c2csc(Nc3ccc(Cl)cc3)n2)CC1)NCCCN1CCCC1=O. The fraction of sp³-hybridized carbons (Fsp3) is 0.478. The Morgan fingerprint density at radius 3 is 2.56 bits per heavy atom. The van der Waals surface area contributed by atoms with E-state index in [1.807, 2.05) is 17.0 Å². The first kappa shape index (κ1) is 24.4. The molecule has 0 radical (unpaired) electrons. The highest BCUT2D eigenvalue weighted by atomic mass is 35.5. The van der Waals surface area contributed by atoms with Crippen molar-refractivity contribution in [2.45, 2.75) is 19.3 Å². The number of hydrogen-bond acceptors (Lipinski definition) is 7. The lowest BCUT2D eigenvalue weighted by molar-refractivity contribution is -0.127. The van der Waals surface area contributed by atoms with Gasteiger partial charge in [-0.1, -0.05) is 11.6 Å². The lowest BCUT2D eigenvalue weighted by Gasteiger charge is -2.34. The number of nitrogens with one attached hydrogen (secondary N) is 2. The van der Waals surface area contributed by atoms with E-state index in [0.717, 1.165) is 25.1 Å². The Bertz CT molecular complexity index is 1010. The minimum atomic E-state index is -0.0963. The maximum absolute atomic E-state index is 12.8. The number of aromatic nitrogens is 1. The lowest BCUT2D eigenvalue weighted by Crippen LogP contribution is -2.51. The molecule has 182 valence electrons. The Morgan fingerprint density at radius 1 is 1.09 bits per heavy atom. The smallest absolute Gasteiger partial charge is 0.273 e. The molecule has 2 saturated heterocycles. The molecule has 1 aromatic heterocycles. The van der Waals surface area contributed by atoms with E-state index < -0.39 is 0 Å². The number of carbonyl (C=O) groups is 3. The molecule has 2 N–H and O–H groups in total. The third-order valence-electron chi connectivity index (χ3n) is 5.94. The number of anilines is 2. The second-order valence-electron chi connectivity index (χ2n) is 8.43. The van der Waals surface area contributed by atoms with Crippen LogP contribution in [0.25, 0.3) is 0 Å². The van der Waals surface area contributed by atoms with Crippen molar-refractivity contribution in [3.63, 3.8) is 0 Å². The number of thiazole rings is 1. The number of halogens is 1. The highest BCUT2D eigenvalue weighted by molar-refractivity contribution is 7.14. The summed E-state index contributed by atoms with van der Waals surface area (Å²) in [6, 6.07) is 7.30. The van der Waals surface area contributed by atoms with E-state index in [0.29, 0.717) is 68.1 Å². The van der Waals surface area contributed by atoms with Gasteiger partial charge >= 0.3 is 0 Å². The molecule has 9 nitrogen and oxygen atoms in total. The molecule has 11 heteroatoms. The van der Waals surface area contributed by atoms with Gasteiger partial charge in [-0.3, -0.25) is 19.3 Å². The average Bonchev–Trinajstić information content (AvgIpc) is 3.47. The maximum Gasteiger partial charge on any atom is 0.273 e. The number of benzene rings is 1. The summed E-state index contributed by atoms with van der Waals surface area (Å²) in [7, 11) is 0. The van der Waals surface area contributed by atoms with Crippen LogP contribution in [0.2, 0.25) is 5.02 Å². The first-order valence-corrected chi connectivity index (χ1v) is 12.8. The molecule has 0 saturated carbocycles. The summed E-state index contributed by atoms with van der Waals surface area (Å²) in [5.74, 6) is 0.0938. The Labute approximate surface area is 208 Å². The third kappa shape index (κ3) is 6.68. The van der Waals surface area contributed by atoms with Gasteiger partial charge in [-0.25, -0.2) is 4.98 Å². The van der Waals surface area contributed by atoms with E-state index in [2.05, 4.69) is 20.5 Å². The average molecular weight is 505 g/mol. The fourth-order valence-electron chi connectivity index (χ4n) is 4.05. The molecule has 3 amide bonds. The van der Waals surface area contributed by atoms with Crippen molar-refractivity contribution in [1.29, 1.82) is 0 Å². The second-order valence-corrected chi connectivity index (χ2v) is 9.72. The molecular weight excluding hydrogens is 476 g/mol. The van der Waals surface area contributed by atoms with Crippen molar-refractivity contribution in [2.75, 3.05) is 57.7 Å². The lowest BCUT2D eigenvalue weighted by atomic mass is 10.3. The summed E-state index contributed by atoms with van der Waals surface area (Å²) in [5, 5.41) is 9.18. The number of piperazine rings is 1. The van der Waals surface area contributed by atoms with Crippen molar-refractivity contribution in [1.82, 2.24) is 25.0 Å². The minimum Gasteiger partial charge on any atom is -0.355 e. The van der Waals surface area contributed by atoms with E-state index in [4.69, 9.17) is 11.6 Å². The van der Waals surface area contributed by atoms with Gasteiger partial charge in [0.25, 0.3) is 5.91 Å². The second kappa shape index (κ2) is 11.6. The first-order valence-electron chi connectivity index (χ1n) is 11.5. The van der Waals surface area contributed by atoms with Crippen LogP contribution in [0, 0.1) is 0 Å². The van der Waals surface area contributed by atoms with Crippen molar-refractivity contribution in [3.8, 4) is 0 Å². The molecule has 2 aliphatic heterocycles. The number of nitrogens with zero attached hydrogens (tertiary/aromatic N) is 4. The third-order valence-corrected chi connectivity index (χ3v) is 6.95. The van der Waals surface area contributed by atoms with Crippen molar-refractivity contribution < 1.29 is 14.4 Å². The number of rotatable bonds is 9. The maximum atomic E-state index is 12.8. The van der Waals surface area contributed by atoms with Gasteiger partial charge in [-0.15, -0.1) is 11.3 Å². The molecule has 0 spiro atoms. The standard InChI is InChI=1S/C23H29ClN6O3S/c24-17-4-6-18(7-5-17)26-23-27-19(16-34-23)22(33)30-13-11-28(12-14-30)15-20(31)25-8-2-10-29-9-1-3-21(29)32/h4-7,16H,1-3,8-15H2,(H,25,31)(H,26,27). The summed E-state index contributed by atoms with van der Waals surface area (Å²) in [4.78, 5) is 46.8. The van der Waals surface area contributed by atoms with Crippen LogP contribution < -0.4 is 10.6 Å². The van der Waals surface area contributed by atoms with Gasteiger partial charge in [-0.05, 0) is 37.1 Å². The fourth-order valence-corrected chi connectivity index (χ4v) is 4.88. The van der Waals surface area contributed by atoms with Crippen LogP contribution in [-0.4, -0.2) is 89.8 Å². The predicted octanol–water partition coefficient (Wildman–Crippen LogP) is 2.43. The summed E-state index contributed by atoms with van der Waals surface area (Å²) >= 11 is 7.29.